The maximum atomic E-state index is 12.6. The Morgan fingerprint density at radius 2 is 1.73 bits per heavy atom. The summed E-state index contributed by atoms with van der Waals surface area (Å²) in [5.74, 6) is -0.568. The van der Waals surface area contributed by atoms with Crippen LogP contribution < -0.4 is 15.5 Å². The molecular formula is C20H21N3O3. The van der Waals surface area contributed by atoms with Gasteiger partial charge in [-0.2, -0.15) is 5.10 Å². The average Bonchev–Trinajstić information content (AvgIpc) is 3.08. The Bertz CT molecular complexity index is 891. The first kappa shape index (κ1) is 17.7. The van der Waals surface area contributed by atoms with Gasteiger partial charge in [-0.3, -0.25) is 9.80 Å². The predicted octanol–water partition coefficient (Wildman–Crippen LogP) is 2.64. The molecule has 3 rings (SSSR count). The Labute approximate surface area is 152 Å². The highest BCUT2D eigenvalue weighted by Gasteiger charge is 2.36. The van der Waals surface area contributed by atoms with Gasteiger partial charge in [-0.25, -0.2) is 4.79 Å². The van der Waals surface area contributed by atoms with Gasteiger partial charge >= 0.3 is 5.97 Å². The second-order valence-electron chi connectivity index (χ2n) is 6.39. The van der Waals surface area contributed by atoms with E-state index in [1.165, 1.54) is 5.01 Å². The second kappa shape index (κ2) is 7.00. The number of hydrogen-bond donors (Lipinski definition) is 1. The largest absolute Gasteiger partial charge is 0.421 e. The molecule has 26 heavy (non-hydrogen) atoms. The maximum absolute atomic E-state index is 12.6. The molecular weight excluding hydrogens is 330 g/mol. The summed E-state index contributed by atoms with van der Waals surface area (Å²) in [5.41, 5.74) is 9.19. The van der Waals surface area contributed by atoms with E-state index >= 15 is 0 Å². The summed E-state index contributed by atoms with van der Waals surface area (Å²) in [6, 6.07) is 12.3. The lowest BCUT2D eigenvalue weighted by atomic mass is 10.1. The van der Waals surface area contributed by atoms with E-state index in [0.29, 0.717) is 11.4 Å². The van der Waals surface area contributed by atoms with Crippen LogP contribution in [0, 0.1) is 20.8 Å². The van der Waals surface area contributed by atoms with Crippen molar-refractivity contribution in [2.75, 3.05) is 5.01 Å². The molecule has 134 valence electrons. The molecule has 6 heteroatoms. The number of amides is 1. The number of carbonyl (C=O) groups excluding carboxylic acids is 2. The standard InChI is InChI=1S/C20H21N3O3/c1-12-9-10-13(2)18(14(12)3)26-20(25)16-11-17(19(21)24)23(22-16)15-7-5-4-6-8-15/h4-10,17H,11H2,1-3H3,(H2,21,24)/t17-/m0/s1. The first-order valence-corrected chi connectivity index (χ1v) is 8.38. The number of anilines is 1. The normalized spacial score (nSPS) is 16.3. The zero-order valence-electron chi connectivity index (χ0n) is 15.0. The lowest BCUT2D eigenvalue weighted by Gasteiger charge is -2.20. The highest BCUT2D eigenvalue weighted by atomic mass is 16.5. The third-order valence-corrected chi connectivity index (χ3v) is 4.56. The highest BCUT2D eigenvalue weighted by Crippen LogP contribution is 2.28. The van der Waals surface area contributed by atoms with Crippen LogP contribution in [-0.2, 0) is 9.59 Å². The van der Waals surface area contributed by atoms with Crippen molar-refractivity contribution in [3.05, 3.63) is 59.2 Å². The minimum atomic E-state index is -0.709. The van der Waals surface area contributed by atoms with E-state index in [-0.39, 0.29) is 12.1 Å². The lowest BCUT2D eigenvalue weighted by Crippen LogP contribution is -2.39. The number of hydrogen-bond acceptors (Lipinski definition) is 5. The van der Waals surface area contributed by atoms with E-state index in [4.69, 9.17) is 10.5 Å². The van der Waals surface area contributed by atoms with Crippen LogP contribution in [0.25, 0.3) is 0 Å². The molecule has 0 radical (unpaired) electrons. The van der Waals surface area contributed by atoms with Crippen LogP contribution in [0.15, 0.2) is 47.6 Å². The molecule has 1 atom stereocenters. The van der Waals surface area contributed by atoms with Crippen molar-refractivity contribution in [1.29, 1.82) is 0 Å². The quantitative estimate of drug-likeness (QED) is 0.678. The molecule has 0 unspecified atom stereocenters. The van der Waals surface area contributed by atoms with Crippen LogP contribution in [0.1, 0.15) is 23.1 Å². The van der Waals surface area contributed by atoms with Crippen molar-refractivity contribution in [3.8, 4) is 5.75 Å². The first-order valence-electron chi connectivity index (χ1n) is 8.38. The summed E-state index contributed by atoms with van der Waals surface area (Å²) in [4.78, 5) is 24.5. The van der Waals surface area contributed by atoms with Crippen molar-refractivity contribution in [2.45, 2.75) is 33.2 Å². The van der Waals surface area contributed by atoms with Gasteiger partial charge < -0.3 is 10.5 Å². The zero-order chi connectivity index (χ0) is 18.8. The van der Waals surface area contributed by atoms with Crippen molar-refractivity contribution in [2.24, 2.45) is 10.8 Å². The Balaban J connectivity index is 1.88. The molecule has 1 amide bonds. The van der Waals surface area contributed by atoms with Crippen molar-refractivity contribution >= 4 is 23.3 Å². The molecule has 1 aliphatic rings. The topological polar surface area (TPSA) is 85.0 Å². The molecule has 2 aromatic carbocycles. The van der Waals surface area contributed by atoms with Gasteiger partial charge in [0, 0.05) is 6.42 Å². The molecule has 1 heterocycles. The number of nitrogens with zero attached hydrogens (tertiary/aromatic N) is 2. The molecule has 0 fully saturated rings. The van der Waals surface area contributed by atoms with Gasteiger partial charge in [0.25, 0.3) is 0 Å². The minimum Gasteiger partial charge on any atom is -0.421 e. The second-order valence-corrected chi connectivity index (χ2v) is 6.39. The van der Waals surface area contributed by atoms with Gasteiger partial charge in [-0.05, 0) is 49.6 Å². The van der Waals surface area contributed by atoms with Crippen LogP contribution in [0.4, 0.5) is 5.69 Å². The summed E-state index contributed by atoms with van der Waals surface area (Å²) >= 11 is 0. The van der Waals surface area contributed by atoms with Crippen LogP contribution in [0.3, 0.4) is 0 Å². The molecule has 0 saturated carbocycles. The Kier molecular flexibility index (Phi) is 4.75. The molecule has 1 aliphatic heterocycles. The summed E-state index contributed by atoms with van der Waals surface area (Å²) in [6.45, 7) is 5.75. The smallest absolute Gasteiger partial charge is 0.360 e. The SMILES string of the molecule is Cc1ccc(C)c(OC(=O)C2=NN(c3ccccc3)[C@H](C(N)=O)C2)c1C. The molecule has 2 N–H and O–H groups in total. The first-order chi connectivity index (χ1) is 12.4. The van der Waals surface area contributed by atoms with Crippen molar-refractivity contribution < 1.29 is 14.3 Å². The van der Waals surface area contributed by atoms with Crippen molar-refractivity contribution in [3.63, 3.8) is 0 Å². The van der Waals surface area contributed by atoms with Gasteiger partial charge in [0.15, 0.2) is 0 Å². The molecule has 2 aromatic rings. The van der Waals surface area contributed by atoms with Gasteiger partial charge in [0.1, 0.15) is 17.5 Å². The number of benzene rings is 2. The number of hydrazone groups is 1. The number of aryl methyl sites for hydroxylation is 2. The van der Waals surface area contributed by atoms with Gasteiger partial charge in [0.2, 0.25) is 5.91 Å². The zero-order valence-corrected chi connectivity index (χ0v) is 15.0. The van der Waals surface area contributed by atoms with Crippen LogP contribution in [0.5, 0.6) is 5.75 Å². The third-order valence-electron chi connectivity index (χ3n) is 4.56. The van der Waals surface area contributed by atoms with Gasteiger partial charge in [0.05, 0.1) is 5.69 Å². The molecule has 0 bridgehead atoms. The summed E-state index contributed by atoms with van der Waals surface area (Å²) in [5, 5.41) is 5.79. The average molecular weight is 351 g/mol. The van der Waals surface area contributed by atoms with E-state index in [0.717, 1.165) is 16.7 Å². The Hall–Kier alpha value is -3.15. The van der Waals surface area contributed by atoms with E-state index < -0.39 is 17.9 Å². The van der Waals surface area contributed by atoms with Crippen LogP contribution in [-0.4, -0.2) is 23.6 Å². The number of rotatable bonds is 4. The third kappa shape index (κ3) is 3.31. The predicted molar refractivity (Wildman–Crippen MR) is 100 cm³/mol. The summed E-state index contributed by atoms with van der Waals surface area (Å²) in [6.07, 6.45) is 0.118. The number of carbonyl (C=O) groups is 2. The number of nitrogens with two attached hydrogens (primary N) is 1. The monoisotopic (exact) mass is 351 g/mol. The number of primary amides is 1. The van der Waals surface area contributed by atoms with E-state index in [1.807, 2.05) is 63.2 Å². The van der Waals surface area contributed by atoms with Gasteiger partial charge in [-0.1, -0.05) is 30.3 Å². The number of para-hydroxylation sites is 1. The fourth-order valence-electron chi connectivity index (χ4n) is 2.91. The number of ether oxygens (including phenoxy) is 1. The van der Waals surface area contributed by atoms with E-state index in [1.54, 1.807) is 0 Å². The fraction of sp³-hybridized carbons (Fsp3) is 0.250. The minimum absolute atomic E-state index is 0.118. The van der Waals surface area contributed by atoms with Crippen LogP contribution >= 0.6 is 0 Å². The highest BCUT2D eigenvalue weighted by molar-refractivity contribution is 6.38. The summed E-state index contributed by atoms with van der Waals surface area (Å²) in [7, 11) is 0. The Morgan fingerprint density at radius 3 is 2.38 bits per heavy atom. The van der Waals surface area contributed by atoms with Crippen molar-refractivity contribution in [1.82, 2.24) is 0 Å². The summed E-state index contributed by atoms with van der Waals surface area (Å²) < 4.78 is 5.60. The molecule has 0 saturated heterocycles. The maximum Gasteiger partial charge on any atom is 0.360 e. The molecule has 6 nitrogen and oxygen atoms in total. The molecule has 0 spiro atoms. The lowest BCUT2D eigenvalue weighted by molar-refractivity contribution is -0.127. The van der Waals surface area contributed by atoms with Gasteiger partial charge in [-0.15, -0.1) is 0 Å². The fourth-order valence-corrected chi connectivity index (χ4v) is 2.91. The molecule has 0 aliphatic carbocycles. The number of esters is 1. The van der Waals surface area contributed by atoms with Crippen LogP contribution in [0.2, 0.25) is 0 Å². The Morgan fingerprint density at radius 1 is 1.08 bits per heavy atom. The molecule has 0 aromatic heterocycles. The van der Waals surface area contributed by atoms with E-state index in [9.17, 15) is 9.59 Å². The van der Waals surface area contributed by atoms with E-state index in [2.05, 4.69) is 5.10 Å².